The van der Waals surface area contributed by atoms with Gasteiger partial charge in [0.25, 0.3) is 0 Å². The van der Waals surface area contributed by atoms with Crippen LogP contribution in [0.3, 0.4) is 0 Å². The van der Waals surface area contributed by atoms with Crippen molar-refractivity contribution in [3.63, 3.8) is 0 Å². The number of amides is 1. The van der Waals surface area contributed by atoms with Crippen molar-refractivity contribution in [1.82, 2.24) is 19.7 Å². The van der Waals surface area contributed by atoms with Gasteiger partial charge in [-0.25, -0.2) is 0 Å². The van der Waals surface area contributed by atoms with E-state index in [2.05, 4.69) is 58.0 Å². The fraction of sp³-hybridized carbons (Fsp3) is 0.583. The van der Waals surface area contributed by atoms with E-state index in [9.17, 15) is 4.79 Å². The van der Waals surface area contributed by atoms with Crippen LogP contribution in [0.15, 0.2) is 36.5 Å². The van der Waals surface area contributed by atoms with Crippen LogP contribution in [0.25, 0.3) is 10.9 Å². The molecule has 4 heterocycles. The molecule has 1 aromatic heterocycles. The minimum atomic E-state index is 0.354. The van der Waals surface area contributed by atoms with E-state index in [1.54, 1.807) is 0 Å². The van der Waals surface area contributed by atoms with Crippen molar-refractivity contribution in [1.29, 1.82) is 0 Å². The lowest BCUT2D eigenvalue weighted by molar-refractivity contribution is -0.153. The summed E-state index contributed by atoms with van der Waals surface area (Å²) in [5, 5.41) is 1.22. The van der Waals surface area contributed by atoms with Gasteiger partial charge in [-0.05, 0) is 56.8 Å². The Morgan fingerprint density at radius 2 is 1.97 bits per heavy atom. The van der Waals surface area contributed by atoms with Gasteiger partial charge in [-0.15, -0.1) is 0 Å². The molecule has 3 saturated heterocycles. The van der Waals surface area contributed by atoms with Crippen molar-refractivity contribution < 1.29 is 4.79 Å². The van der Waals surface area contributed by atoms with Crippen LogP contribution in [0, 0.1) is 11.8 Å². The van der Waals surface area contributed by atoms with Crippen molar-refractivity contribution in [3.05, 3.63) is 42.1 Å². The molecule has 0 saturated carbocycles. The average molecular weight is 393 g/mol. The minimum Gasteiger partial charge on any atom is -0.335 e. The number of pyridine rings is 1. The third kappa shape index (κ3) is 3.55. The highest BCUT2D eigenvalue weighted by Gasteiger charge is 2.49. The number of aromatic nitrogens is 1. The third-order valence-corrected chi connectivity index (χ3v) is 7.23. The smallest absolute Gasteiger partial charge is 0.223 e. The van der Waals surface area contributed by atoms with Crippen LogP contribution in [0.1, 0.15) is 31.2 Å². The standard InChI is InChI=1S/C24H32N4O/c1-26(2)16-22-20-12-19(21-9-4-10-23(29)28(21)22)14-27(15-20)13-18-7-3-6-17-8-5-11-25-24(17)18/h3,5-8,11,19-22H,4,9-10,12-16H2,1-2H3/t19-,20+,21+,22+/m1/s1. The van der Waals surface area contributed by atoms with Gasteiger partial charge < -0.3 is 9.80 Å². The Hall–Kier alpha value is -1.98. The molecule has 5 heteroatoms. The minimum absolute atomic E-state index is 0.354. The monoisotopic (exact) mass is 392 g/mol. The largest absolute Gasteiger partial charge is 0.335 e. The van der Waals surface area contributed by atoms with Crippen LogP contribution >= 0.6 is 0 Å². The summed E-state index contributed by atoms with van der Waals surface area (Å²) >= 11 is 0. The number of para-hydroxylation sites is 1. The molecule has 29 heavy (non-hydrogen) atoms. The summed E-state index contributed by atoms with van der Waals surface area (Å²) in [4.78, 5) is 24.7. The normalized spacial score (nSPS) is 30.0. The van der Waals surface area contributed by atoms with E-state index in [1.165, 1.54) is 23.8 Å². The van der Waals surface area contributed by atoms with E-state index in [-0.39, 0.29) is 0 Å². The zero-order valence-corrected chi connectivity index (χ0v) is 17.6. The average Bonchev–Trinajstić information content (AvgIpc) is 2.71. The first-order valence-electron chi connectivity index (χ1n) is 11.1. The number of rotatable bonds is 4. The quantitative estimate of drug-likeness (QED) is 0.802. The molecule has 2 bridgehead atoms. The maximum Gasteiger partial charge on any atom is 0.223 e. The molecule has 5 nitrogen and oxygen atoms in total. The summed E-state index contributed by atoms with van der Waals surface area (Å²) in [6, 6.07) is 11.5. The Kier molecular flexibility index (Phi) is 5.04. The SMILES string of the molecule is CN(C)C[C@H]1[C@H]2C[C@H](CN(Cc3cccc4cccnc34)C2)[C@@H]2CCCC(=O)N21. The number of piperidine rings is 3. The lowest BCUT2D eigenvalue weighted by atomic mass is 9.72. The number of carbonyl (C=O) groups excluding carboxylic acids is 1. The van der Waals surface area contributed by atoms with Gasteiger partial charge in [0.15, 0.2) is 0 Å². The molecule has 3 aliphatic rings. The molecule has 5 rings (SSSR count). The first-order valence-corrected chi connectivity index (χ1v) is 11.1. The molecule has 1 aromatic carbocycles. The van der Waals surface area contributed by atoms with Gasteiger partial charge in [0.1, 0.15) is 0 Å². The van der Waals surface area contributed by atoms with Crippen LogP contribution < -0.4 is 0 Å². The Labute approximate surface area is 173 Å². The van der Waals surface area contributed by atoms with Gasteiger partial charge in [0.2, 0.25) is 5.91 Å². The van der Waals surface area contributed by atoms with Gasteiger partial charge in [0.05, 0.1) is 5.52 Å². The summed E-state index contributed by atoms with van der Waals surface area (Å²) in [5.41, 5.74) is 2.45. The second-order valence-corrected chi connectivity index (χ2v) is 9.53. The summed E-state index contributed by atoms with van der Waals surface area (Å²) < 4.78 is 0. The lowest BCUT2D eigenvalue weighted by Gasteiger charge is -2.57. The zero-order chi connectivity index (χ0) is 20.0. The molecule has 0 unspecified atom stereocenters. The molecule has 0 aliphatic carbocycles. The number of hydrogen-bond acceptors (Lipinski definition) is 4. The molecule has 0 radical (unpaired) electrons. The summed E-state index contributed by atoms with van der Waals surface area (Å²) in [7, 11) is 4.27. The fourth-order valence-electron chi connectivity index (χ4n) is 6.15. The van der Waals surface area contributed by atoms with Crippen LogP contribution in [0.5, 0.6) is 0 Å². The third-order valence-electron chi connectivity index (χ3n) is 7.23. The Bertz CT molecular complexity index is 892. The van der Waals surface area contributed by atoms with E-state index in [0.717, 1.165) is 44.5 Å². The first-order chi connectivity index (χ1) is 14.1. The molecule has 3 aliphatic heterocycles. The molecule has 3 fully saturated rings. The number of likely N-dealkylation sites (tertiary alicyclic amines) is 1. The second-order valence-electron chi connectivity index (χ2n) is 9.53. The van der Waals surface area contributed by atoms with Crippen molar-refractivity contribution >= 4 is 16.8 Å². The number of nitrogens with zero attached hydrogens (tertiary/aromatic N) is 4. The maximum atomic E-state index is 12.9. The summed E-state index contributed by atoms with van der Waals surface area (Å²) in [6.45, 7) is 4.11. The predicted octanol–water partition coefficient (Wildman–Crippen LogP) is 3.00. The van der Waals surface area contributed by atoms with Gasteiger partial charge >= 0.3 is 0 Å². The fourth-order valence-corrected chi connectivity index (χ4v) is 6.15. The summed E-state index contributed by atoms with van der Waals surface area (Å²) in [6.07, 6.45) is 6.15. The van der Waals surface area contributed by atoms with Crippen molar-refractivity contribution in [3.8, 4) is 0 Å². The van der Waals surface area contributed by atoms with Crippen LogP contribution in [-0.2, 0) is 11.3 Å². The zero-order valence-electron chi connectivity index (χ0n) is 17.6. The van der Waals surface area contributed by atoms with Crippen LogP contribution in [0.2, 0.25) is 0 Å². The molecule has 4 atom stereocenters. The molecular formula is C24H32N4O. The van der Waals surface area contributed by atoms with Gasteiger partial charge in [-0.1, -0.05) is 24.3 Å². The van der Waals surface area contributed by atoms with Gasteiger partial charge in [-0.3, -0.25) is 14.7 Å². The summed E-state index contributed by atoms with van der Waals surface area (Å²) in [5.74, 6) is 1.58. The molecule has 0 spiro atoms. The van der Waals surface area contributed by atoms with Crippen molar-refractivity contribution in [2.45, 2.75) is 44.3 Å². The van der Waals surface area contributed by atoms with E-state index < -0.39 is 0 Å². The first kappa shape index (κ1) is 19.0. The number of benzene rings is 1. The Morgan fingerprint density at radius 3 is 2.83 bits per heavy atom. The van der Waals surface area contributed by atoms with Gasteiger partial charge in [0, 0.05) is 56.3 Å². The highest BCUT2D eigenvalue weighted by atomic mass is 16.2. The number of likely N-dealkylation sites (N-methyl/N-ethyl adjacent to an activating group) is 1. The predicted molar refractivity (Wildman–Crippen MR) is 115 cm³/mol. The van der Waals surface area contributed by atoms with Crippen molar-refractivity contribution in [2.75, 3.05) is 33.7 Å². The molecule has 1 amide bonds. The molecule has 0 N–H and O–H groups in total. The van der Waals surface area contributed by atoms with Crippen molar-refractivity contribution in [2.24, 2.45) is 11.8 Å². The van der Waals surface area contributed by atoms with E-state index >= 15 is 0 Å². The Balaban J connectivity index is 1.41. The van der Waals surface area contributed by atoms with Gasteiger partial charge in [-0.2, -0.15) is 0 Å². The highest BCUT2D eigenvalue weighted by Crippen LogP contribution is 2.42. The van der Waals surface area contributed by atoms with E-state index in [1.807, 2.05) is 12.3 Å². The molecule has 2 aromatic rings. The van der Waals surface area contributed by atoms with Crippen LogP contribution in [-0.4, -0.2) is 71.4 Å². The number of carbonyl (C=O) groups is 1. The van der Waals surface area contributed by atoms with E-state index in [4.69, 9.17) is 0 Å². The number of fused-ring (bicyclic) bond motifs is 5. The Morgan fingerprint density at radius 1 is 1.14 bits per heavy atom. The second kappa shape index (κ2) is 7.69. The molecule has 154 valence electrons. The maximum absolute atomic E-state index is 12.9. The lowest BCUT2D eigenvalue weighted by Crippen LogP contribution is -2.66. The van der Waals surface area contributed by atoms with E-state index in [0.29, 0.717) is 29.8 Å². The number of hydrogen-bond donors (Lipinski definition) is 0. The van der Waals surface area contributed by atoms with Crippen LogP contribution in [0.4, 0.5) is 0 Å². The molecular weight excluding hydrogens is 360 g/mol. The highest BCUT2D eigenvalue weighted by molar-refractivity contribution is 5.81. The topological polar surface area (TPSA) is 39.7 Å².